The molecule has 1 fully saturated rings. The van der Waals surface area contributed by atoms with Crippen molar-refractivity contribution < 1.29 is 0 Å². The number of rotatable bonds is 5. The number of nitrogens with one attached hydrogen (secondary N) is 2. The summed E-state index contributed by atoms with van der Waals surface area (Å²) in [6.07, 6.45) is 3.60. The van der Waals surface area contributed by atoms with Crippen LogP contribution in [0.1, 0.15) is 16.7 Å². The molecule has 0 spiro atoms. The van der Waals surface area contributed by atoms with E-state index < -0.39 is 0 Å². The molecule has 0 aliphatic carbocycles. The van der Waals surface area contributed by atoms with Gasteiger partial charge >= 0.3 is 0 Å². The van der Waals surface area contributed by atoms with Crippen molar-refractivity contribution in [3.8, 4) is 0 Å². The standard InChI is InChI=1S/C23H29N7/c1-16-5-6-19(13-17(16)2)26-21-7-8-24-23(28-21)27-20-14-18(3)22(25-15-20)30-11-9-29(4)10-12-30/h5-8,13-15H,9-12H2,1-4H3,(H2,24,26,27,28). The maximum atomic E-state index is 4.70. The van der Waals surface area contributed by atoms with E-state index in [2.05, 4.69) is 82.5 Å². The van der Waals surface area contributed by atoms with Crippen LogP contribution in [-0.2, 0) is 0 Å². The largest absolute Gasteiger partial charge is 0.354 e. The van der Waals surface area contributed by atoms with Crippen LogP contribution in [0.25, 0.3) is 0 Å². The van der Waals surface area contributed by atoms with Gasteiger partial charge in [0.25, 0.3) is 0 Å². The minimum Gasteiger partial charge on any atom is -0.354 e. The van der Waals surface area contributed by atoms with Crippen LogP contribution in [0.15, 0.2) is 42.7 Å². The quantitative estimate of drug-likeness (QED) is 0.666. The molecule has 1 aliphatic heterocycles. The van der Waals surface area contributed by atoms with Gasteiger partial charge in [-0.2, -0.15) is 4.98 Å². The van der Waals surface area contributed by atoms with Gasteiger partial charge in [0.1, 0.15) is 11.6 Å². The maximum absolute atomic E-state index is 4.70. The van der Waals surface area contributed by atoms with Gasteiger partial charge in [-0.1, -0.05) is 6.07 Å². The van der Waals surface area contributed by atoms with Crippen molar-refractivity contribution in [2.24, 2.45) is 0 Å². The van der Waals surface area contributed by atoms with Crippen molar-refractivity contribution in [2.75, 3.05) is 48.8 Å². The molecule has 30 heavy (non-hydrogen) atoms. The van der Waals surface area contributed by atoms with Crippen LogP contribution in [0.4, 0.5) is 29.0 Å². The number of aromatic nitrogens is 3. The molecule has 7 heteroatoms. The van der Waals surface area contributed by atoms with E-state index in [1.54, 1.807) is 6.20 Å². The molecule has 156 valence electrons. The first-order chi connectivity index (χ1) is 14.5. The topological polar surface area (TPSA) is 69.2 Å². The molecule has 1 saturated heterocycles. The summed E-state index contributed by atoms with van der Waals surface area (Å²) < 4.78 is 0. The van der Waals surface area contributed by atoms with Crippen LogP contribution in [0.3, 0.4) is 0 Å². The second-order valence-electron chi connectivity index (χ2n) is 7.97. The van der Waals surface area contributed by atoms with Gasteiger partial charge < -0.3 is 20.4 Å². The van der Waals surface area contributed by atoms with E-state index >= 15 is 0 Å². The number of anilines is 5. The first kappa shape index (κ1) is 20.1. The van der Waals surface area contributed by atoms with E-state index in [4.69, 9.17) is 4.98 Å². The fraction of sp³-hybridized carbons (Fsp3) is 0.348. The fourth-order valence-electron chi connectivity index (χ4n) is 3.57. The monoisotopic (exact) mass is 403 g/mol. The average Bonchev–Trinajstić information content (AvgIpc) is 2.72. The molecule has 0 atom stereocenters. The van der Waals surface area contributed by atoms with Gasteiger partial charge in [0.05, 0.1) is 11.9 Å². The molecule has 4 rings (SSSR count). The van der Waals surface area contributed by atoms with E-state index in [-0.39, 0.29) is 0 Å². The number of benzene rings is 1. The van der Waals surface area contributed by atoms with Crippen LogP contribution < -0.4 is 15.5 Å². The molecule has 3 aromatic rings. The summed E-state index contributed by atoms with van der Waals surface area (Å²) in [5.41, 5.74) is 5.56. The third kappa shape index (κ3) is 4.68. The number of nitrogens with zero attached hydrogens (tertiary/aromatic N) is 5. The smallest absolute Gasteiger partial charge is 0.229 e. The van der Waals surface area contributed by atoms with E-state index in [0.717, 1.165) is 54.8 Å². The number of aryl methyl sites for hydroxylation is 3. The minimum absolute atomic E-state index is 0.539. The number of hydrogen-bond donors (Lipinski definition) is 2. The Morgan fingerprint density at radius 1 is 0.800 bits per heavy atom. The lowest BCUT2D eigenvalue weighted by Gasteiger charge is -2.34. The maximum Gasteiger partial charge on any atom is 0.229 e. The summed E-state index contributed by atoms with van der Waals surface area (Å²) in [4.78, 5) is 18.3. The molecule has 1 aliphatic rings. The van der Waals surface area contributed by atoms with Crippen LogP contribution in [0.5, 0.6) is 0 Å². The van der Waals surface area contributed by atoms with Gasteiger partial charge in [-0.15, -0.1) is 0 Å². The van der Waals surface area contributed by atoms with E-state index in [1.165, 1.54) is 11.1 Å². The predicted molar refractivity (Wildman–Crippen MR) is 123 cm³/mol. The lowest BCUT2D eigenvalue weighted by Crippen LogP contribution is -2.45. The SMILES string of the molecule is Cc1ccc(Nc2ccnc(Nc3cnc(N4CCN(C)CC4)c(C)c3)n2)cc1C. The lowest BCUT2D eigenvalue weighted by atomic mass is 10.1. The van der Waals surface area contributed by atoms with Gasteiger partial charge in [0.15, 0.2) is 0 Å². The van der Waals surface area contributed by atoms with Gasteiger partial charge in [-0.25, -0.2) is 9.97 Å². The summed E-state index contributed by atoms with van der Waals surface area (Å²) in [6, 6.07) is 10.2. The van der Waals surface area contributed by atoms with Crippen LogP contribution in [0, 0.1) is 20.8 Å². The van der Waals surface area contributed by atoms with Gasteiger partial charge in [0, 0.05) is 38.1 Å². The summed E-state index contributed by atoms with van der Waals surface area (Å²) in [6.45, 7) is 10.5. The van der Waals surface area contributed by atoms with Crippen molar-refractivity contribution in [3.63, 3.8) is 0 Å². The highest BCUT2D eigenvalue weighted by atomic mass is 15.3. The molecular formula is C23H29N7. The van der Waals surface area contributed by atoms with E-state index in [1.807, 2.05) is 12.3 Å². The normalized spacial score (nSPS) is 14.6. The Bertz CT molecular complexity index is 1030. The third-order valence-corrected chi connectivity index (χ3v) is 5.54. The van der Waals surface area contributed by atoms with Crippen LogP contribution in [0.2, 0.25) is 0 Å². The summed E-state index contributed by atoms with van der Waals surface area (Å²) in [7, 11) is 2.16. The van der Waals surface area contributed by atoms with Gasteiger partial charge in [0.2, 0.25) is 5.95 Å². The Kier molecular flexibility index (Phi) is 5.81. The highest BCUT2D eigenvalue weighted by molar-refractivity contribution is 5.62. The second kappa shape index (κ2) is 8.67. The summed E-state index contributed by atoms with van der Waals surface area (Å²) in [5.74, 6) is 2.34. The van der Waals surface area contributed by atoms with Crippen molar-refractivity contribution in [3.05, 3.63) is 59.4 Å². The Morgan fingerprint density at radius 3 is 2.30 bits per heavy atom. The van der Waals surface area contributed by atoms with Gasteiger partial charge in [-0.3, -0.25) is 0 Å². The second-order valence-corrected chi connectivity index (χ2v) is 7.97. The number of hydrogen-bond acceptors (Lipinski definition) is 7. The Balaban J connectivity index is 1.46. The van der Waals surface area contributed by atoms with Crippen molar-refractivity contribution in [1.29, 1.82) is 0 Å². The molecule has 3 heterocycles. The summed E-state index contributed by atoms with van der Waals surface area (Å²) >= 11 is 0. The molecule has 0 unspecified atom stereocenters. The fourth-order valence-corrected chi connectivity index (χ4v) is 3.57. The average molecular weight is 404 g/mol. The first-order valence-electron chi connectivity index (χ1n) is 10.3. The zero-order chi connectivity index (χ0) is 21.1. The van der Waals surface area contributed by atoms with Crippen LogP contribution >= 0.6 is 0 Å². The van der Waals surface area contributed by atoms with E-state index in [9.17, 15) is 0 Å². The molecule has 1 aromatic carbocycles. The highest BCUT2D eigenvalue weighted by Crippen LogP contribution is 2.24. The summed E-state index contributed by atoms with van der Waals surface area (Å²) in [5, 5.41) is 6.62. The van der Waals surface area contributed by atoms with Gasteiger partial charge in [-0.05, 0) is 68.8 Å². The number of likely N-dealkylation sites (N-methyl/N-ethyl adjacent to an activating group) is 1. The molecule has 2 aromatic heterocycles. The lowest BCUT2D eigenvalue weighted by molar-refractivity contribution is 0.312. The molecule has 0 bridgehead atoms. The zero-order valence-electron chi connectivity index (χ0n) is 18.1. The van der Waals surface area contributed by atoms with E-state index in [0.29, 0.717) is 5.95 Å². The highest BCUT2D eigenvalue weighted by Gasteiger charge is 2.17. The molecule has 0 radical (unpaired) electrons. The Labute approximate surface area is 178 Å². The molecule has 7 nitrogen and oxygen atoms in total. The van der Waals surface area contributed by atoms with Crippen LogP contribution in [-0.4, -0.2) is 53.1 Å². The van der Waals surface area contributed by atoms with Crippen molar-refractivity contribution >= 4 is 29.0 Å². The first-order valence-corrected chi connectivity index (χ1v) is 10.3. The Morgan fingerprint density at radius 2 is 1.57 bits per heavy atom. The molecule has 2 N–H and O–H groups in total. The molecule has 0 amide bonds. The third-order valence-electron chi connectivity index (χ3n) is 5.54. The minimum atomic E-state index is 0.539. The Hall–Kier alpha value is -3.19. The molecular weight excluding hydrogens is 374 g/mol. The zero-order valence-corrected chi connectivity index (χ0v) is 18.1. The number of pyridine rings is 1. The van der Waals surface area contributed by atoms with Crippen molar-refractivity contribution in [2.45, 2.75) is 20.8 Å². The van der Waals surface area contributed by atoms with Crippen molar-refractivity contribution in [1.82, 2.24) is 19.9 Å². The predicted octanol–water partition coefficient (Wildman–Crippen LogP) is 4.04. The number of piperazine rings is 1. The molecule has 0 saturated carbocycles.